The summed E-state index contributed by atoms with van der Waals surface area (Å²) < 4.78 is 0. The summed E-state index contributed by atoms with van der Waals surface area (Å²) in [5.41, 5.74) is 1.70. The average molecular weight is 221 g/mol. The SMILES string of the molecule is CC1CCCN1c1cc(Cl)ccc1C#N. The van der Waals surface area contributed by atoms with E-state index in [0.29, 0.717) is 16.6 Å². The van der Waals surface area contributed by atoms with Crippen molar-refractivity contribution in [1.29, 1.82) is 5.26 Å². The van der Waals surface area contributed by atoms with Crippen molar-refractivity contribution in [2.45, 2.75) is 25.8 Å². The molecule has 3 heteroatoms. The molecule has 1 unspecified atom stereocenters. The minimum absolute atomic E-state index is 0.510. The largest absolute Gasteiger partial charge is 0.368 e. The number of halogens is 1. The van der Waals surface area contributed by atoms with Crippen LogP contribution in [0.25, 0.3) is 0 Å². The Morgan fingerprint density at radius 3 is 2.93 bits per heavy atom. The van der Waals surface area contributed by atoms with Crippen molar-refractivity contribution >= 4 is 17.3 Å². The highest BCUT2D eigenvalue weighted by atomic mass is 35.5. The van der Waals surface area contributed by atoms with Gasteiger partial charge >= 0.3 is 0 Å². The highest BCUT2D eigenvalue weighted by molar-refractivity contribution is 6.30. The fraction of sp³-hybridized carbons (Fsp3) is 0.417. The predicted octanol–water partition coefficient (Wildman–Crippen LogP) is 3.20. The second kappa shape index (κ2) is 4.12. The molecule has 78 valence electrons. The molecule has 1 aliphatic rings. The summed E-state index contributed by atoms with van der Waals surface area (Å²) in [4.78, 5) is 2.27. The third-order valence-corrected chi connectivity index (χ3v) is 3.18. The maximum Gasteiger partial charge on any atom is 0.101 e. The van der Waals surface area contributed by atoms with Crippen LogP contribution in [0.2, 0.25) is 5.02 Å². The van der Waals surface area contributed by atoms with E-state index in [4.69, 9.17) is 16.9 Å². The standard InChI is InChI=1S/C12H13ClN2/c1-9-3-2-6-15(9)12-7-11(13)5-4-10(12)8-14/h4-5,7,9H,2-3,6H2,1H3. The summed E-state index contributed by atoms with van der Waals surface area (Å²) in [7, 11) is 0. The van der Waals surface area contributed by atoms with E-state index in [1.165, 1.54) is 12.8 Å². The van der Waals surface area contributed by atoms with Gasteiger partial charge in [-0.3, -0.25) is 0 Å². The van der Waals surface area contributed by atoms with Crippen LogP contribution in [-0.4, -0.2) is 12.6 Å². The second-order valence-electron chi connectivity index (χ2n) is 3.96. The molecule has 1 aliphatic heterocycles. The van der Waals surface area contributed by atoms with Crippen LogP contribution < -0.4 is 4.90 Å². The molecule has 1 saturated heterocycles. The van der Waals surface area contributed by atoms with Gasteiger partial charge in [-0.05, 0) is 38.0 Å². The zero-order valence-corrected chi connectivity index (χ0v) is 9.46. The van der Waals surface area contributed by atoms with Crippen molar-refractivity contribution in [2.75, 3.05) is 11.4 Å². The summed E-state index contributed by atoms with van der Waals surface area (Å²) >= 11 is 5.96. The van der Waals surface area contributed by atoms with Crippen molar-refractivity contribution in [3.8, 4) is 6.07 Å². The Kier molecular flexibility index (Phi) is 2.83. The molecule has 1 heterocycles. The highest BCUT2D eigenvalue weighted by Crippen LogP contribution is 2.30. The molecule has 2 nitrogen and oxygen atoms in total. The van der Waals surface area contributed by atoms with E-state index in [1.807, 2.05) is 6.07 Å². The molecule has 1 fully saturated rings. The van der Waals surface area contributed by atoms with Gasteiger partial charge in [0.15, 0.2) is 0 Å². The highest BCUT2D eigenvalue weighted by Gasteiger charge is 2.22. The Balaban J connectivity index is 2.42. The van der Waals surface area contributed by atoms with Crippen LogP contribution in [0.1, 0.15) is 25.3 Å². The minimum atomic E-state index is 0.510. The smallest absolute Gasteiger partial charge is 0.101 e. The number of hydrogen-bond donors (Lipinski definition) is 0. The number of nitriles is 1. The molecule has 1 aromatic carbocycles. The lowest BCUT2D eigenvalue weighted by atomic mass is 10.1. The molecule has 0 radical (unpaired) electrons. The first-order valence-electron chi connectivity index (χ1n) is 5.18. The first-order chi connectivity index (χ1) is 7.22. The third-order valence-electron chi connectivity index (χ3n) is 2.94. The van der Waals surface area contributed by atoms with Crippen LogP contribution in [0.15, 0.2) is 18.2 Å². The third kappa shape index (κ3) is 1.93. The van der Waals surface area contributed by atoms with E-state index in [1.54, 1.807) is 12.1 Å². The Morgan fingerprint density at radius 1 is 1.53 bits per heavy atom. The second-order valence-corrected chi connectivity index (χ2v) is 4.39. The normalized spacial score (nSPS) is 20.3. The lowest BCUT2D eigenvalue weighted by molar-refractivity contribution is 0.734. The summed E-state index contributed by atoms with van der Waals surface area (Å²) in [6.45, 7) is 3.21. The molecule has 0 N–H and O–H groups in total. The van der Waals surface area contributed by atoms with Gasteiger partial charge in [0.25, 0.3) is 0 Å². The molecule has 0 aromatic heterocycles. The first-order valence-corrected chi connectivity index (χ1v) is 5.56. The van der Waals surface area contributed by atoms with Crippen molar-refractivity contribution in [2.24, 2.45) is 0 Å². The molecular weight excluding hydrogens is 208 g/mol. The number of rotatable bonds is 1. The van der Waals surface area contributed by atoms with Gasteiger partial charge in [0.1, 0.15) is 6.07 Å². The lowest BCUT2D eigenvalue weighted by Gasteiger charge is -2.24. The fourth-order valence-corrected chi connectivity index (χ4v) is 2.29. The van der Waals surface area contributed by atoms with Gasteiger partial charge in [-0.1, -0.05) is 11.6 Å². The summed E-state index contributed by atoms with van der Waals surface area (Å²) in [5.74, 6) is 0. The van der Waals surface area contributed by atoms with Crippen molar-refractivity contribution in [3.63, 3.8) is 0 Å². The summed E-state index contributed by atoms with van der Waals surface area (Å²) in [6, 6.07) is 8.18. The Hall–Kier alpha value is -1.20. The quantitative estimate of drug-likeness (QED) is 0.727. The van der Waals surface area contributed by atoms with Gasteiger partial charge in [-0.15, -0.1) is 0 Å². The van der Waals surface area contributed by atoms with Crippen molar-refractivity contribution in [1.82, 2.24) is 0 Å². The van der Waals surface area contributed by atoms with Gasteiger partial charge in [0.2, 0.25) is 0 Å². The predicted molar refractivity (Wildman–Crippen MR) is 62.2 cm³/mol. The molecule has 0 spiro atoms. The topological polar surface area (TPSA) is 27.0 Å². The molecule has 15 heavy (non-hydrogen) atoms. The van der Waals surface area contributed by atoms with Crippen LogP contribution in [0.3, 0.4) is 0 Å². The van der Waals surface area contributed by atoms with Crippen LogP contribution in [-0.2, 0) is 0 Å². The van der Waals surface area contributed by atoms with Crippen LogP contribution >= 0.6 is 11.6 Å². The number of nitrogens with zero attached hydrogens (tertiary/aromatic N) is 2. The molecule has 0 aliphatic carbocycles. The number of hydrogen-bond acceptors (Lipinski definition) is 2. The van der Waals surface area contributed by atoms with Crippen molar-refractivity contribution < 1.29 is 0 Å². The maximum atomic E-state index is 9.04. The molecular formula is C12H13ClN2. The van der Waals surface area contributed by atoms with E-state index in [-0.39, 0.29) is 0 Å². The number of benzene rings is 1. The molecule has 2 rings (SSSR count). The van der Waals surface area contributed by atoms with E-state index in [0.717, 1.165) is 12.2 Å². The lowest BCUT2D eigenvalue weighted by Crippen LogP contribution is -2.26. The molecule has 0 amide bonds. The fourth-order valence-electron chi connectivity index (χ4n) is 2.13. The summed E-state index contributed by atoms with van der Waals surface area (Å²) in [5, 5.41) is 9.73. The van der Waals surface area contributed by atoms with Gasteiger partial charge in [-0.2, -0.15) is 5.26 Å². The van der Waals surface area contributed by atoms with Crippen molar-refractivity contribution in [3.05, 3.63) is 28.8 Å². The van der Waals surface area contributed by atoms with Gasteiger partial charge in [-0.25, -0.2) is 0 Å². The zero-order chi connectivity index (χ0) is 10.8. The monoisotopic (exact) mass is 220 g/mol. The Labute approximate surface area is 95.1 Å². The average Bonchev–Trinajstić information content (AvgIpc) is 2.64. The Morgan fingerprint density at radius 2 is 2.33 bits per heavy atom. The zero-order valence-electron chi connectivity index (χ0n) is 8.70. The van der Waals surface area contributed by atoms with E-state index < -0.39 is 0 Å². The molecule has 0 bridgehead atoms. The Bertz CT molecular complexity index is 409. The molecule has 0 saturated carbocycles. The van der Waals surface area contributed by atoms with Gasteiger partial charge in [0, 0.05) is 17.6 Å². The number of anilines is 1. The van der Waals surface area contributed by atoms with Crippen LogP contribution in [0, 0.1) is 11.3 Å². The van der Waals surface area contributed by atoms with Gasteiger partial charge in [0.05, 0.1) is 11.3 Å². The van der Waals surface area contributed by atoms with Crippen LogP contribution in [0.4, 0.5) is 5.69 Å². The van der Waals surface area contributed by atoms with E-state index >= 15 is 0 Å². The van der Waals surface area contributed by atoms with Crippen LogP contribution in [0.5, 0.6) is 0 Å². The molecule has 1 aromatic rings. The first kappa shape index (κ1) is 10.3. The maximum absolute atomic E-state index is 9.04. The van der Waals surface area contributed by atoms with E-state index in [9.17, 15) is 0 Å². The summed E-state index contributed by atoms with van der Waals surface area (Å²) in [6.07, 6.45) is 2.38. The van der Waals surface area contributed by atoms with Gasteiger partial charge < -0.3 is 4.90 Å². The molecule has 1 atom stereocenters. The minimum Gasteiger partial charge on any atom is -0.368 e. The van der Waals surface area contributed by atoms with E-state index in [2.05, 4.69) is 17.9 Å².